The number of hydrogen-bond acceptors (Lipinski definition) is 6. The number of nitrogens with zero attached hydrogens (tertiary/aromatic N) is 6. The first kappa shape index (κ1) is 12.6. The highest BCUT2D eigenvalue weighted by Crippen LogP contribution is 2.13. The van der Waals surface area contributed by atoms with E-state index in [9.17, 15) is 0 Å². The zero-order chi connectivity index (χ0) is 12.8. The molecule has 2 rings (SSSR count). The van der Waals surface area contributed by atoms with Gasteiger partial charge in [0.2, 0.25) is 0 Å². The third kappa shape index (κ3) is 3.30. The SMILES string of the molecule is CCCNC(Cc1nnn(C)n1)c1ccncn1. The average Bonchev–Trinajstić information content (AvgIpc) is 2.81. The number of hydrogen-bond donors (Lipinski definition) is 1. The molecule has 2 heterocycles. The fourth-order valence-electron chi connectivity index (χ4n) is 1.69. The average molecular weight is 247 g/mol. The molecule has 1 atom stereocenters. The minimum absolute atomic E-state index is 0.0946. The largest absolute Gasteiger partial charge is 0.308 e. The maximum Gasteiger partial charge on any atom is 0.176 e. The Morgan fingerprint density at radius 1 is 1.44 bits per heavy atom. The summed E-state index contributed by atoms with van der Waals surface area (Å²) < 4.78 is 0. The maximum atomic E-state index is 4.28. The molecule has 1 N–H and O–H groups in total. The first-order valence-corrected chi connectivity index (χ1v) is 6.01. The summed E-state index contributed by atoms with van der Waals surface area (Å²) in [5, 5.41) is 15.5. The van der Waals surface area contributed by atoms with Crippen LogP contribution >= 0.6 is 0 Å². The second-order valence-corrected chi connectivity index (χ2v) is 4.04. The third-order valence-electron chi connectivity index (χ3n) is 2.54. The van der Waals surface area contributed by atoms with Crippen LogP contribution in [0.4, 0.5) is 0 Å². The maximum absolute atomic E-state index is 4.28. The fraction of sp³-hybridized carbons (Fsp3) is 0.545. The molecule has 7 heteroatoms. The molecular formula is C11H17N7. The van der Waals surface area contributed by atoms with Gasteiger partial charge in [0.15, 0.2) is 5.82 Å². The molecule has 0 saturated heterocycles. The first-order chi connectivity index (χ1) is 8.79. The Morgan fingerprint density at radius 2 is 2.33 bits per heavy atom. The molecule has 2 aromatic rings. The van der Waals surface area contributed by atoms with Gasteiger partial charge in [0.1, 0.15) is 6.33 Å². The van der Waals surface area contributed by atoms with Crippen LogP contribution in [0.5, 0.6) is 0 Å². The van der Waals surface area contributed by atoms with Gasteiger partial charge >= 0.3 is 0 Å². The number of aromatic nitrogens is 6. The van der Waals surface area contributed by atoms with E-state index in [0.29, 0.717) is 12.2 Å². The standard InChI is InChI=1S/C11H17N7/c1-3-5-13-10(9-4-6-12-8-14-9)7-11-15-17-18(2)16-11/h4,6,8,10,13H,3,5,7H2,1-2H3. The molecule has 96 valence electrons. The Labute approximate surface area is 106 Å². The Morgan fingerprint density at radius 3 is 2.94 bits per heavy atom. The number of rotatable bonds is 6. The summed E-state index contributed by atoms with van der Waals surface area (Å²) >= 11 is 0. The van der Waals surface area contributed by atoms with Gasteiger partial charge < -0.3 is 5.32 Å². The van der Waals surface area contributed by atoms with E-state index in [1.54, 1.807) is 19.6 Å². The van der Waals surface area contributed by atoms with Gasteiger partial charge in [-0.1, -0.05) is 6.92 Å². The normalized spacial score (nSPS) is 12.6. The molecule has 0 saturated carbocycles. The van der Waals surface area contributed by atoms with Gasteiger partial charge in [-0.2, -0.15) is 4.80 Å². The van der Waals surface area contributed by atoms with Crippen molar-refractivity contribution in [3.63, 3.8) is 0 Å². The van der Waals surface area contributed by atoms with Crippen molar-refractivity contribution < 1.29 is 0 Å². The van der Waals surface area contributed by atoms with E-state index in [2.05, 4.69) is 37.6 Å². The summed E-state index contributed by atoms with van der Waals surface area (Å²) in [7, 11) is 1.76. The van der Waals surface area contributed by atoms with E-state index in [4.69, 9.17) is 0 Å². The van der Waals surface area contributed by atoms with Gasteiger partial charge in [-0.3, -0.25) is 0 Å². The van der Waals surface area contributed by atoms with Crippen molar-refractivity contribution in [1.82, 2.24) is 35.5 Å². The summed E-state index contributed by atoms with van der Waals surface area (Å²) in [6.45, 7) is 3.06. The highest BCUT2D eigenvalue weighted by molar-refractivity contribution is 5.07. The number of nitrogens with one attached hydrogen (secondary N) is 1. The Kier molecular flexibility index (Phi) is 4.30. The minimum atomic E-state index is 0.0946. The first-order valence-electron chi connectivity index (χ1n) is 6.01. The molecule has 0 fully saturated rings. The van der Waals surface area contributed by atoms with Crippen LogP contribution in [-0.2, 0) is 13.5 Å². The summed E-state index contributed by atoms with van der Waals surface area (Å²) in [5.41, 5.74) is 0.950. The van der Waals surface area contributed by atoms with E-state index in [1.165, 1.54) is 4.80 Å². The molecule has 0 aliphatic carbocycles. The van der Waals surface area contributed by atoms with E-state index in [1.807, 2.05) is 6.07 Å². The lowest BCUT2D eigenvalue weighted by molar-refractivity contribution is 0.505. The summed E-state index contributed by atoms with van der Waals surface area (Å²) in [4.78, 5) is 9.68. The lowest BCUT2D eigenvalue weighted by Crippen LogP contribution is -2.25. The molecular weight excluding hydrogens is 230 g/mol. The van der Waals surface area contributed by atoms with Gasteiger partial charge in [0.25, 0.3) is 0 Å². The van der Waals surface area contributed by atoms with Crippen molar-refractivity contribution in [1.29, 1.82) is 0 Å². The highest BCUT2D eigenvalue weighted by Gasteiger charge is 2.15. The molecule has 2 aromatic heterocycles. The summed E-state index contributed by atoms with van der Waals surface area (Å²) in [5.74, 6) is 0.713. The van der Waals surface area contributed by atoms with Gasteiger partial charge in [-0.15, -0.1) is 10.2 Å². The van der Waals surface area contributed by atoms with Crippen LogP contribution in [0.3, 0.4) is 0 Å². The summed E-state index contributed by atoms with van der Waals surface area (Å²) in [6, 6.07) is 2.00. The lowest BCUT2D eigenvalue weighted by atomic mass is 10.1. The molecule has 1 unspecified atom stereocenters. The molecule has 0 spiro atoms. The minimum Gasteiger partial charge on any atom is -0.308 e. The van der Waals surface area contributed by atoms with Gasteiger partial charge in [0.05, 0.1) is 18.8 Å². The smallest absolute Gasteiger partial charge is 0.176 e. The van der Waals surface area contributed by atoms with Crippen LogP contribution in [0, 0.1) is 0 Å². The van der Waals surface area contributed by atoms with Gasteiger partial charge in [-0.25, -0.2) is 9.97 Å². The van der Waals surface area contributed by atoms with Gasteiger partial charge in [-0.05, 0) is 24.2 Å². The molecule has 7 nitrogen and oxygen atoms in total. The monoisotopic (exact) mass is 247 g/mol. The Bertz CT molecular complexity index is 467. The second kappa shape index (κ2) is 6.15. The molecule has 0 bridgehead atoms. The van der Waals surface area contributed by atoms with E-state index in [-0.39, 0.29) is 6.04 Å². The van der Waals surface area contributed by atoms with Crippen molar-refractivity contribution in [2.24, 2.45) is 7.05 Å². The second-order valence-electron chi connectivity index (χ2n) is 4.04. The van der Waals surface area contributed by atoms with Crippen LogP contribution in [-0.4, -0.2) is 36.7 Å². The van der Waals surface area contributed by atoms with Crippen molar-refractivity contribution in [2.75, 3.05) is 6.54 Å². The molecule has 0 amide bonds. The number of aryl methyl sites for hydroxylation is 1. The molecule has 18 heavy (non-hydrogen) atoms. The van der Waals surface area contributed by atoms with E-state index in [0.717, 1.165) is 18.7 Å². The Balaban J connectivity index is 2.10. The van der Waals surface area contributed by atoms with Crippen LogP contribution in [0.2, 0.25) is 0 Å². The lowest BCUT2D eigenvalue weighted by Gasteiger charge is -2.15. The predicted molar refractivity (Wildman–Crippen MR) is 65.6 cm³/mol. The Hall–Kier alpha value is -1.89. The highest BCUT2D eigenvalue weighted by atomic mass is 15.6. The molecule has 0 aromatic carbocycles. The van der Waals surface area contributed by atoms with Crippen molar-refractivity contribution in [2.45, 2.75) is 25.8 Å². The summed E-state index contributed by atoms with van der Waals surface area (Å²) in [6.07, 6.45) is 5.04. The third-order valence-corrected chi connectivity index (χ3v) is 2.54. The van der Waals surface area contributed by atoms with E-state index >= 15 is 0 Å². The van der Waals surface area contributed by atoms with Crippen molar-refractivity contribution in [3.8, 4) is 0 Å². The molecule has 0 radical (unpaired) electrons. The van der Waals surface area contributed by atoms with Crippen LogP contribution in [0.25, 0.3) is 0 Å². The zero-order valence-corrected chi connectivity index (χ0v) is 10.6. The van der Waals surface area contributed by atoms with Crippen LogP contribution < -0.4 is 5.32 Å². The quantitative estimate of drug-likeness (QED) is 0.789. The predicted octanol–water partition coefficient (Wildman–Crippen LogP) is 0.283. The van der Waals surface area contributed by atoms with Crippen LogP contribution in [0.15, 0.2) is 18.6 Å². The molecule has 0 aliphatic rings. The van der Waals surface area contributed by atoms with Crippen molar-refractivity contribution in [3.05, 3.63) is 30.1 Å². The van der Waals surface area contributed by atoms with Crippen molar-refractivity contribution >= 4 is 0 Å². The fourth-order valence-corrected chi connectivity index (χ4v) is 1.69. The zero-order valence-electron chi connectivity index (χ0n) is 10.6. The van der Waals surface area contributed by atoms with Crippen LogP contribution in [0.1, 0.15) is 30.9 Å². The van der Waals surface area contributed by atoms with E-state index < -0.39 is 0 Å². The van der Waals surface area contributed by atoms with Gasteiger partial charge in [0, 0.05) is 12.6 Å². The number of tetrazole rings is 1. The molecule has 0 aliphatic heterocycles. The topological polar surface area (TPSA) is 81.4 Å².